The number of nitrogens with one attached hydrogen (secondary N) is 4. The Morgan fingerprint density at radius 2 is 2.22 bits per heavy atom. The van der Waals surface area contributed by atoms with Crippen LogP contribution in [0.15, 0.2) is 18.5 Å². The lowest BCUT2D eigenvalue weighted by molar-refractivity contribution is -0.111. The summed E-state index contributed by atoms with van der Waals surface area (Å²) in [6.07, 6.45) is 4.43. The first-order valence-electron chi connectivity index (χ1n) is 7.45. The van der Waals surface area contributed by atoms with E-state index in [1.54, 1.807) is 12.3 Å². The predicted octanol–water partition coefficient (Wildman–Crippen LogP) is 2.10. The highest BCUT2D eigenvalue weighted by molar-refractivity contribution is 6.38. The number of hydrogen-bond acceptors (Lipinski definition) is 5. The van der Waals surface area contributed by atoms with Gasteiger partial charge in [-0.25, -0.2) is 14.8 Å². The number of carbonyl (C=O) groups excluding carboxylic acids is 2. The number of H-pyrrole nitrogens is 1. The SMILES string of the molecule is CCC(CCNC(=O)Nc1cnc2[nH]ccc2n1)C(=N)C(C)=O. The summed E-state index contributed by atoms with van der Waals surface area (Å²) in [6, 6.07) is 1.38. The van der Waals surface area contributed by atoms with E-state index >= 15 is 0 Å². The fraction of sp³-hybridized carbons (Fsp3) is 0.400. The van der Waals surface area contributed by atoms with E-state index in [0.29, 0.717) is 36.4 Å². The molecular weight excluding hydrogens is 296 g/mol. The maximum absolute atomic E-state index is 11.8. The Bertz CT molecular complexity index is 724. The van der Waals surface area contributed by atoms with Crippen molar-refractivity contribution in [2.45, 2.75) is 26.7 Å². The number of carbonyl (C=O) groups is 2. The predicted molar refractivity (Wildman–Crippen MR) is 87.7 cm³/mol. The van der Waals surface area contributed by atoms with Crippen LogP contribution in [0.3, 0.4) is 0 Å². The summed E-state index contributed by atoms with van der Waals surface area (Å²) < 4.78 is 0. The van der Waals surface area contributed by atoms with Crippen molar-refractivity contribution in [1.82, 2.24) is 20.3 Å². The van der Waals surface area contributed by atoms with Crippen molar-refractivity contribution in [3.63, 3.8) is 0 Å². The van der Waals surface area contributed by atoms with E-state index < -0.39 is 6.03 Å². The van der Waals surface area contributed by atoms with E-state index in [1.807, 2.05) is 6.92 Å². The Morgan fingerprint density at radius 3 is 2.91 bits per heavy atom. The van der Waals surface area contributed by atoms with Crippen LogP contribution in [0.5, 0.6) is 0 Å². The second kappa shape index (κ2) is 7.48. The number of hydrogen-bond donors (Lipinski definition) is 4. The van der Waals surface area contributed by atoms with Gasteiger partial charge in [0.15, 0.2) is 17.2 Å². The number of fused-ring (bicyclic) bond motifs is 1. The van der Waals surface area contributed by atoms with E-state index in [9.17, 15) is 9.59 Å². The molecule has 8 heteroatoms. The van der Waals surface area contributed by atoms with Gasteiger partial charge in [-0.3, -0.25) is 10.1 Å². The topological polar surface area (TPSA) is 124 Å². The molecule has 0 aliphatic carbocycles. The summed E-state index contributed by atoms with van der Waals surface area (Å²) in [7, 11) is 0. The lowest BCUT2D eigenvalue weighted by Crippen LogP contribution is -2.32. The highest BCUT2D eigenvalue weighted by atomic mass is 16.2. The second-order valence-corrected chi connectivity index (χ2v) is 5.21. The van der Waals surface area contributed by atoms with Crippen LogP contribution < -0.4 is 10.6 Å². The molecule has 0 fully saturated rings. The van der Waals surface area contributed by atoms with Crippen LogP contribution in [0.2, 0.25) is 0 Å². The summed E-state index contributed by atoms with van der Waals surface area (Å²) in [6.45, 7) is 3.69. The quantitative estimate of drug-likeness (QED) is 0.584. The normalized spacial score (nSPS) is 11.9. The van der Waals surface area contributed by atoms with Crippen LogP contribution in [0.25, 0.3) is 11.2 Å². The van der Waals surface area contributed by atoms with Crippen LogP contribution >= 0.6 is 0 Å². The van der Waals surface area contributed by atoms with Crippen molar-refractivity contribution in [3.05, 3.63) is 18.5 Å². The first-order chi connectivity index (χ1) is 11.0. The Balaban J connectivity index is 1.82. The molecule has 2 aromatic rings. The molecule has 0 radical (unpaired) electrons. The van der Waals surface area contributed by atoms with E-state index in [2.05, 4.69) is 25.6 Å². The Morgan fingerprint density at radius 1 is 1.43 bits per heavy atom. The van der Waals surface area contributed by atoms with Crippen molar-refractivity contribution in [2.75, 3.05) is 11.9 Å². The fourth-order valence-corrected chi connectivity index (χ4v) is 2.25. The molecule has 8 nitrogen and oxygen atoms in total. The minimum atomic E-state index is -0.390. The highest BCUT2D eigenvalue weighted by Gasteiger charge is 2.16. The summed E-state index contributed by atoms with van der Waals surface area (Å²) >= 11 is 0. The molecule has 0 saturated carbocycles. The Kier molecular flexibility index (Phi) is 5.40. The van der Waals surface area contributed by atoms with Gasteiger partial charge >= 0.3 is 6.03 Å². The molecule has 2 rings (SSSR count). The van der Waals surface area contributed by atoms with Crippen LogP contribution in [0.1, 0.15) is 26.7 Å². The smallest absolute Gasteiger partial charge is 0.320 e. The van der Waals surface area contributed by atoms with Crippen molar-refractivity contribution in [1.29, 1.82) is 5.41 Å². The zero-order chi connectivity index (χ0) is 16.8. The average Bonchev–Trinajstić information content (AvgIpc) is 2.98. The van der Waals surface area contributed by atoms with Crippen LogP contribution in [0, 0.1) is 11.3 Å². The average molecular weight is 316 g/mol. The van der Waals surface area contributed by atoms with Gasteiger partial charge in [-0.05, 0) is 18.9 Å². The molecular formula is C15H20N6O2. The van der Waals surface area contributed by atoms with E-state index in [-0.39, 0.29) is 17.4 Å². The zero-order valence-electron chi connectivity index (χ0n) is 13.1. The van der Waals surface area contributed by atoms with Gasteiger partial charge in [0.2, 0.25) is 0 Å². The minimum absolute atomic E-state index is 0.110. The van der Waals surface area contributed by atoms with Gasteiger partial charge in [0.25, 0.3) is 0 Å². The number of amides is 2. The maximum Gasteiger partial charge on any atom is 0.320 e. The molecule has 0 spiro atoms. The highest BCUT2D eigenvalue weighted by Crippen LogP contribution is 2.11. The van der Waals surface area contributed by atoms with Gasteiger partial charge in [0.1, 0.15) is 5.52 Å². The first-order valence-corrected chi connectivity index (χ1v) is 7.45. The minimum Gasteiger partial charge on any atom is -0.345 e. The summed E-state index contributed by atoms with van der Waals surface area (Å²) in [5.41, 5.74) is 1.44. The van der Waals surface area contributed by atoms with Crippen molar-refractivity contribution < 1.29 is 9.59 Å². The molecule has 0 saturated heterocycles. The van der Waals surface area contributed by atoms with E-state index in [0.717, 1.165) is 0 Å². The van der Waals surface area contributed by atoms with Gasteiger partial charge in [-0.1, -0.05) is 6.92 Å². The lowest BCUT2D eigenvalue weighted by atomic mass is 9.94. The largest absolute Gasteiger partial charge is 0.345 e. The molecule has 2 aromatic heterocycles. The number of nitrogens with zero attached hydrogens (tertiary/aromatic N) is 2. The van der Waals surface area contributed by atoms with Crippen molar-refractivity contribution in [3.8, 4) is 0 Å². The van der Waals surface area contributed by atoms with Crippen molar-refractivity contribution in [2.24, 2.45) is 5.92 Å². The standard InChI is InChI=1S/C15H20N6O2/c1-3-10(13(16)9(2)22)4-6-18-15(23)21-12-8-19-14-11(20-12)5-7-17-14/h5,7-8,10,16H,3-4,6H2,1-2H3,(H,17,19)(H2,18,20,21,23). The zero-order valence-corrected chi connectivity index (χ0v) is 13.1. The van der Waals surface area contributed by atoms with Crippen LogP contribution in [0.4, 0.5) is 10.6 Å². The molecule has 0 aromatic carbocycles. The molecule has 1 atom stereocenters. The third-order valence-corrected chi connectivity index (χ3v) is 3.56. The monoisotopic (exact) mass is 316 g/mol. The van der Waals surface area contributed by atoms with Crippen LogP contribution in [-0.4, -0.2) is 39.0 Å². The Hall–Kier alpha value is -2.77. The van der Waals surface area contributed by atoms with Gasteiger partial charge in [-0.15, -0.1) is 0 Å². The molecule has 0 bridgehead atoms. The molecule has 2 amide bonds. The van der Waals surface area contributed by atoms with Gasteiger partial charge in [0.05, 0.1) is 11.9 Å². The van der Waals surface area contributed by atoms with Crippen molar-refractivity contribution >= 4 is 34.5 Å². The number of anilines is 1. The maximum atomic E-state index is 11.8. The lowest BCUT2D eigenvalue weighted by Gasteiger charge is -2.14. The molecule has 1 unspecified atom stereocenters. The number of urea groups is 1. The molecule has 122 valence electrons. The summed E-state index contributed by atoms with van der Waals surface area (Å²) in [5.74, 6) is -0.00157. The van der Waals surface area contributed by atoms with E-state index in [4.69, 9.17) is 5.41 Å². The number of rotatable bonds is 7. The van der Waals surface area contributed by atoms with E-state index in [1.165, 1.54) is 13.1 Å². The van der Waals surface area contributed by atoms with Gasteiger partial charge < -0.3 is 15.7 Å². The molecule has 0 aliphatic heterocycles. The number of ketones is 1. The molecule has 0 aliphatic rings. The van der Waals surface area contributed by atoms with Crippen LogP contribution in [-0.2, 0) is 4.79 Å². The van der Waals surface area contributed by atoms with Gasteiger partial charge in [-0.2, -0.15) is 0 Å². The second-order valence-electron chi connectivity index (χ2n) is 5.21. The fourth-order valence-electron chi connectivity index (χ4n) is 2.25. The third-order valence-electron chi connectivity index (χ3n) is 3.56. The summed E-state index contributed by atoms with van der Waals surface area (Å²) in [5, 5.41) is 13.0. The van der Waals surface area contributed by atoms with Gasteiger partial charge in [0, 0.05) is 25.6 Å². The Labute approximate surface area is 133 Å². The number of aromatic nitrogens is 3. The third kappa shape index (κ3) is 4.35. The number of Topliss-reactive ketones (excluding diaryl/α,β-unsaturated/α-hetero) is 1. The number of aromatic amines is 1. The first kappa shape index (κ1) is 16.6. The molecule has 4 N–H and O–H groups in total. The molecule has 23 heavy (non-hydrogen) atoms. The molecule has 2 heterocycles. The summed E-state index contributed by atoms with van der Waals surface area (Å²) in [4.78, 5) is 34.4.